The van der Waals surface area contributed by atoms with Gasteiger partial charge in [-0.05, 0) is 55.7 Å². The van der Waals surface area contributed by atoms with Gasteiger partial charge in [-0.1, -0.05) is 18.2 Å². The monoisotopic (exact) mass is 348 g/mol. The zero-order chi connectivity index (χ0) is 18.3. The fourth-order valence-electron chi connectivity index (χ4n) is 3.61. The van der Waals surface area contributed by atoms with Crippen molar-refractivity contribution in [2.75, 3.05) is 19.0 Å². The van der Waals surface area contributed by atoms with Gasteiger partial charge in [-0.2, -0.15) is 4.98 Å². The molecule has 26 heavy (non-hydrogen) atoms. The van der Waals surface area contributed by atoms with Crippen LogP contribution >= 0.6 is 0 Å². The number of nitrogens with one attached hydrogen (secondary N) is 1. The van der Waals surface area contributed by atoms with Crippen LogP contribution in [0.2, 0.25) is 0 Å². The molecule has 0 fully saturated rings. The third-order valence-electron chi connectivity index (χ3n) is 5.23. The lowest BCUT2D eigenvalue weighted by Crippen LogP contribution is -2.16. The zero-order valence-electron chi connectivity index (χ0n) is 15.7. The Morgan fingerprint density at radius 3 is 2.88 bits per heavy atom. The van der Waals surface area contributed by atoms with E-state index in [0.717, 1.165) is 41.2 Å². The minimum atomic E-state index is 0.0289. The van der Waals surface area contributed by atoms with E-state index in [4.69, 9.17) is 14.7 Å². The number of fused-ring (bicyclic) bond motifs is 3. The molecule has 1 aromatic heterocycles. The molecule has 5 nitrogen and oxygen atoms in total. The highest BCUT2D eigenvalue weighted by Crippen LogP contribution is 2.25. The molecular weight excluding hydrogens is 324 g/mol. The smallest absolute Gasteiger partial charge is 0.205 e. The third-order valence-corrected chi connectivity index (χ3v) is 5.23. The molecule has 5 heteroatoms. The first-order chi connectivity index (χ1) is 12.6. The predicted molar refractivity (Wildman–Crippen MR) is 105 cm³/mol. The van der Waals surface area contributed by atoms with Crippen LogP contribution in [0.1, 0.15) is 29.7 Å². The summed E-state index contributed by atoms with van der Waals surface area (Å²) in [5.74, 6) is 1.70. The van der Waals surface area contributed by atoms with E-state index in [0.29, 0.717) is 0 Å². The Bertz CT molecular complexity index is 1050. The van der Waals surface area contributed by atoms with E-state index >= 15 is 0 Å². The number of anilines is 1. The summed E-state index contributed by atoms with van der Waals surface area (Å²) in [5.41, 5.74) is 5.71. The van der Waals surface area contributed by atoms with Crippen molar-refractivity contribution in [2.24, 2.45) is 4.99 Å². The highest BCUT2D eigenvalue weighted by atomic mass is 16.5. The number of benzene rings is 2. The highest BCUT2D eigenvalue weighted by molar-refractivity contribution is 5.81. The maximum absolute atomic E-state index is 5.43. The number of aryl methyl sites for hydroxylation is 1. The number of nitrogens with zero attached hydrogens (tertiary/aromatic N) is 3. The number of rotatable bonds is 3. The molecule has 1 atom stereocenters. The first-order valence-corrected chi connectivity index (χ1v) is 9.01. The van der Waals surface area contributed by atoms with Gasteiger partial charge >= 0.3 is 0 Å². The van der Waals surface area contributed by atoms with Crippen LogP contribution in [0.25, 0.3) is 10.9 Å². The second-order valence-corrected chi connectivity index (χ2v) is 6.81. The van der Waals surface area contributed by atoms with Crippen molar-refractivity contribution in [3.63, 3.8) is 0 Å². The van der Waals surface area contributed by atoms with Gasteiger partial charge in [0.05, 0.1) is 18.7 Å². The number of aromatic nitrogens is 2. The van der Waals surface area contributed by atoms with Crippen LogP contribution in [0, 0.1) is 13.8 Å². The molecule has 4 rings (SSSR count). The summed E-state index contributed by atoms with van der Waals surface area (Å²) in [6, 6.07) is 12.5. The lowest BCUT2D eigenvalue weighted by Gasteiger charge is -2.14. The van der Waals surface area contributed by atoms with Crippen LogP contribution in [-0.4, -0.2) is 23.2 Å². The molecule has 3 aromatic rings. The third kappa shape index (κ3) is 2.73. The molecule has 0 spiro atoms. The molecule has 1 aliphatic heterocycles. The van der Waals surface area contributed by atoms with Gasteiger partial charge in [0.1, 0.15) is 5.75 Å². The molecule has 1 N–H and O–H groups in total. The van der Waals surface area contributed by atoms with Gasteiger partial charge in [-0.25, -0.2) is 0 Å². The minimum absolute atomic E-state index is 0.0289. The first-order valence-electron chi connectivity index (χ1n) is 9.01. The molecule has 1 unspecified atom stereocenters. The predicted octanol–water partition coefficient (Wildman–Crippen LogP) is 3.75. The number of methoxy groups -OCH3 is 1. The van der Waals surface area contributed by atoms with Crippen LogP contribution in [0.4, 0.5) is 5.95 Å². The summed E-state index contributed by atoms with van der Waals surface area (Å²) in [6.45, 7) is 8.23. The Morgan fingerprint density at radius 1 is 1.23 bits per heavy atom. The van der Waals surface area contributed by atoms with Gasteiger partial charge in [0, 0.05) is 18.5 Å². The molecule has 2 heterocycles. The quantitative estimate of drug-likeness (QED) is 0.784. The Labute approximate surface area is 153 Å². The SMILES string of the molecule is COc1ccc2c(c1)c(=NC(C)c1cccc(C)c1C)nc1n2CCN1. The normalized spacial score (nSPS) is 15.0. The Kier molecular flexibility index (Phi) is 4.15. The molecule has 134 valence electrons. The van der Waals surface area contributed by atoms with Gasteiger partial charge in [0.15, 0.2) is 5.49 Å². The van der Waals surface area contributed by atoms with Crippen molar-refractivity contribution in [3.8, 4) is 5.75 Å². The molecule has 0 radical (unpaired) electrons. The minimum Gasteiger partial charge on any atom is -0.497 e. The number of ether oxygens (including phenoxy) is 1. The average molecular weight is 348 g/mol. The van der Waals surface area contributed by atoms with Gasteiger partial charge in [0.2, 0.25) is 5.95 Å². The van der Waals surface area contributed by atoms with Crippen LogP contribution in [0.3, 0.4) is 0 Å². The van der Waals surface area contributed by atoms with Crippen molar-refractivity contribution < 1.29 is 4.74 Å². The maximum atomic E-state index is 5.43. The van der Waals surface area contributed by atoms with Gasteiger partial charge < -0.3 is 14.6 Å². The Hall–Kier alpha value is -2.82. The standard InChI is InChI=1S/C21H24N4O/c1-13-6-5-7-17(14(13)2)15(3)23-20-18-12-16(26-4)8-9-19(18)25-11-10-22-21(25)24-20/h5-9,12,15H,10-11H2,1-4H3,(H,22,23,24). The van der Waals surface area contributed by atoms with Crippen LogP contribution in [-0.2, 0) is 6.54 Å². The van der Waals surface area contributed by atoms with E-state index in [9.17, 15) is 0 Å². The highest BCUT2D eigenvalue weighted by Gasteiger charge is 2.16. The van der Waals surface area contributed by atoms with Gasteiger partial charge in [0.25, 0.3) is 0 Å². The maximum Gasteiger partial charge on any atom is 0.205 e. The fraction of sp³-hybridized carbons (Fsp3) is 0.333. The van der Waals surface area contributed by atoms with Crippen molar-refractivity contribution >= 4 is 16.9 Å². The average Bonchev–Trinajstić information content (AvgIpc) is 3.12. The van der Waals surface area contributed by atoms with Crippen molar-refractivity contribution in [3.05, 3.63) is 58.6 Å². The van der Waals surface area contributed by atoms with E-state index in [1.54, 1.807) is 7.11 Å². The van der Waals surface area contributed by atoms with Crippen molar-refractivity contribution in [1.29, 1.82) is 0 Å². The van der Waals surface area contributed by atoms with Gasteiger partial charge in [-0.3, -0.25) is 4.99 Å². The zero-order valence-corrected chi connectivity index (χ0v) is 15.7. The Balaban J connectivity index is 1.94. The Morgan fingerprint density at radius 2 is 2.08 bits per heavy atom. The largest absolute Gasteiger partial charge is 0.497 e. The summed E-state index contributed by atoms with van der Waals surface area (Å²) >= 11 is 0. The van der Waals surface area contributed by atoms with E-state index in [1.807, 2.05) is 12.1 Å². The molecule has 0 bridgehead atoms. The van der Waals surface area contributed by atoms with Crippen molar-refractivity contribution in [1.82, 2.24) is 9.55 Å². The lowest BCUT2D eigenvalue weighted by molar-refractivity contribution is 0.415. The second-order valence-electron chi connectivity index (χ2n) is 6.81. The number of hydrogen-bond donors (Lipinski definition) is 1. The fourth-order valence-corrected chi connectivity index (χ4v) is 3.61. The van der Waals surface area contributed by atoms with E-state index in [1.165, 1.54) is 16.7 Å². The number of hydrogen-bond acceptors (Lipinski definition) is 4. The molecule has 2 aromatic carbocycles. The van der Waals surface area contributed by atoms with Gasteiger partial charge in [-0.15, -0.1) is 0 Å². The second kappa shape index (κ2) is 6.48. The summed E-state index contributed by atoms with van der Waals surface area (Å²) in [5, 5.41) is 4.38. The van der Waals surface area contributed by atoms with E-state index in [2.05, 4.69) is 54.9 Å². The summed E-state index contributed by atoms with van der Waals surface area (Å²) in [7, 11) is 1.69. The van der Waals surface area contributed by atoms with Crippen molar-refractivity contribution in [2.45, 2.75) is 33.4 Å². The van der Waals surface area contributed by atoms with E-state index in [-0.39, 0.29) is 6.04 Å². The summed E-state index contributed by atoms with van der Waals surface area (Å²) < 4.78 is 7.63. The van der Waals surface area contributed by atoms with Crippen LogP contribution in [0.5, 0.6) is 5.75 Å². The molecule has 0 saturated carbocycles. The first kappa shape index (κ1) is 16.6. The molecule has 0 saturated heterocycles. The molecular formula is C21H24N4O. The van der Waals surface area contributed by atoms with E-state index < -0.39 is 0 Å². The molecule has 0 aliphatic carbocycles. The summed E-state index contributed by atoms with van der Waals surface area (Å²) in [4.78, 5) is 9.80. The molecule has 0 amide bonds. The summed E-state index contributed by atoms with van der Waals surface area (Å²) in [6.07, 6.45) is 0. The lowest BCUT2D eigenvalue weighted by atomic mass is 9.99. The topological polar surface area (TPSA) is 51.4 Å². The van der Waals surface area contributed by atoms with Crippen LogP contribution in [0.15, 0.2) is 41.4 Å². The van der Waals surface area contributed by atoms with Crippen LogP contribution < -0.4 is 15.5 Å². The molecule has 1 aliphatic rings.